The molecule has 0 bridgehead atoms. The van der Waals surface area contributed by atoms with E-state index in [4.69, 9.17) is 4.74 Å². The van der Waals surface area contributed by atoms with Gasteiger partial charge in [0, 0.05) is 0 Å². The van der Waals surface area contributed by atoms with Crippen LogP contribution in [0.2, 0.25) is 0 Å². The first-order valence-corrected chi connectivity index (χ1v) is 11.2. The van der Waals surface area contributed by atoms with E-state index in [1.54, 1.807) is 0 Å². The van der Waals surface area contributed by atoms with Crippen molar-refractivity contribution in [3.05, 3.63) is 94.6 Å². The summed E-state index contributed by atoms with van der Waals surface area (Å²) in [5, 5.41) is 0. The maximum absolute atomic E-state index is 15.3. The fourth-order valence-electron chi connectivity index (χ4n) is 4.19. The first-order chi connectivity index (χ1) is 17.9. The lowest BCUT2D eigenvalue weighted by Gasteiger charge is -2.35. The predicted molar refractivity (Wildman–Crippen MR) is 121 cm³/mol. The van der Waals surface area contributed by atoms with Crippen LogP contribution in [0, 0.1) is 23.3 Å². The molecule has 11 heteroatoms. The summed E-state index contributed by atoms with van der Waals surface area (Å²) in [5.41, 5.74) is -6.41. The van der Waals surface area contributed by atoms with Crippen LogP contribution in [0.4, 0.5) is 35.1 Å². The number of carbonyl (C=O) groups excluding carboxylic acids is 1. The number of benzene rings is 3. The molecular weight excluding hydrogens is 524 g/mol. The second kappa shape index (κ2) is 9.77. The number of alkyl halides is 4. The number of allylic oxidation sites excluding steroid dienone is 1. The van der Waals surface area contributed by atoms with Crippen LogP contribution >= 0.6 is 0 Å². The van der Waals surface area contributed by atoms with Crippen LogP contribution in [0.5, 0.6) is 11.5 Å². The van der Waals surface area contributed by atoms with Crippen molar-refractivity contribution in [3.8, 4) is 22.6 Å². The Balaban J connectivity index is 1.80. The summed E-state index contributed by atoms with van der Waals surface area (Å²) in [4.78, 5) is 12.6. The van der Waals surface area contributed by atoms with E-state index in [1.165, 1.54) is 13.0 Å². The molecule has 3 nitrogen and oxygen atoms in total. The Hall–Kier alpha value is -3.89. The number of aryl methyl sites for hydroxylation is 1. The van der Waals surface area contributed by atoms with Crippen LogP contribution in [0.1, 0.15) is 40.4 Å². The molecular formula is C27H18F8O3. The standard InChI is InChI=1S/C27H18F8O3/c1-3-5-6-13-7-11-18(24(31)21(13)28)38-25(36)16-9-8-14-15-10-12-17(37-4-2)23(30)20(15)27(34,35)26(32,33)19(14)22(16)29/h3,7-12H,1,4-6H2,2H3. The number of rotatable bonds is 7. The van der Waals surface area contributed by atoms with E-state index >= 15 is 13.2 Å². The number of hydrogen-bond donors (Lipinski definition) is 0. The van der Waals surface area contributed by atoms with Crippen LogP contribution in [-0.4, -0.2) is 12.6 Å². The van der Waals surface area contributed by atoms with Gasteiger partial charge in [-0.3, -0.25) is 0 Å². The summed E-state index contributed by atoms with van der Waals surface area (Å²) in [6, 6.07) is 5.13. The summed E-state index contributed by atoms with van der Waals surface area (Å²) in [5.74, 6) is -20.7. The molecule has 38 heavy (non-hydrogen) atoms. The van der Waals surface area contributed by atoms with E-state index < -0.39 is 80.4 Å². The molecule has 0 N–H and O–H groups in total. The van der Waals surface area contributed by atoms with Gasteiger partial charge < -0.3 is 9.47 Å². The highest BCUT2D eigenvalue weighted by Crippen LogP contribution is 2.60. The summed E-state index contributed by atoms with van der Waals surface area (Å²) in [7, 11) is 0. The van der Waals surface area contributed by atoms with Crippen molar-refractivity contribution in [2.45, 2.75) is 31.6 Å². The minimum Gasteiger partial charge on any atom is -0.491 e. The van der Waals surface area contributed by atoms with Gasteiger partial charge in [-0.2, -0.15) is 22.0 Å². The lowest BCUT2D eigenvalue weighted by molar-refractivity contribution is -0.227. The highest BCUT2D eigenvalue weighted by Gasteiger charge is 2.65. The van der Waals surface area contributed by atoms with Crippen molar-refractivity contribution < 1.29 is 49.4 Å². The van der Waals surface area contributed by atoms with E-state index in [2.05, 4.69) is 11.3 Å². The van der Waals surface area contributed by atoms with E-state index in [0.29, 0.717) is 18.6 Å². The van der Waals surface area contributed by atoms with Gasteiger partial charge in [0.25, 0.3) is 0 Å². The smallest absolute Gasteiger partial charge is 0.346 e. The van der Waals surface area contributed by atoms with Gasteiger partial charge in [0.05, 0.1) is 23.3 Å². The van der Waals surface area contributed by atoms with Crippen molar-refractivity contribution in [3.63, 3.8) is 0 Å². The van der Waals surface area contributed by atoms with E-state index in [1.807, 2.05) is 0 Å². The Morgan fingerprint density at radius 1 is 0.816 bits per heavy atom. The zero-order chi connectivity index (χ0) is 28.0. The van der Waals surface area contributed by atoms with Gasteiger partial charge in [-0.15, -0.1) is 6.58 Å². The van der Waals surface area contributed by atoms with Crippen molar-refractivity contribution in [2.75, 3.05) is 6.61 Å². The van der Waals surface area contributed by atoms with Gasteiger partial charge in [-0.25, -0.2) is 18.0 Å². The Kier molecular flexibility index (Phi) is 6.98. The summed E-state index contributed by atoms with van der Waals surface area (Å²) < 4.78 is 129. The van der Waals surface area contributed by atoms with Crippen LogP contribution in [-0.2, 0) is 18.3 Å². The maximum Gasteiger partial charge on any atom is 0.346 e. The lowest BCUT2D eigenvalue weighted by atomic mass is 9.79. The van der Waals surface area contributed by atoms with Gasteiger partial charge in [-0.1, -0.05) is 18.2 Å². The molecule has 200 valence electrons. The molecule has 0 aliphatic heterocycles. The third kappa shape index (κ3) is 4.10. The van der Waals surface area contributed by atoms with Crippen LogP contribution in [0.25, 0.3) is 11.1 Å². The average molecular weight is 542 g/mol. The molecule has 0 radical (unpaired) electrons. The molecule has 0 atom stereocenters. The predicted octanol–water partition coefficient (Wildman–Crippen LogP) is 7.84. The van der Waals surface area contributed by atoms with Gasteiger partial charge >= 0.3 is 17.8 Å². The molecule has 0 saturated carbocycles. The Morgan fingerprint density at radius 3 is 2.00 bits per heavy atom. The minimum absolute atomic E-state index is 0.0672. The highest BCUT2D eigenvalue weighted by molar-refractivity contribution is 5.93. The minimum atomic E-state index is -5.31. The van der Waals surface area contributed by atoms with E-state index in [9.17, 15) is 26.7 Å². The molecule has 0 aromatic heterocycles. The van der Waals surface area contributed by atoms with E-state index in [-0.39, 0.29) is 18.6 Å². The number of esters is 1. The molecule has 0 heterocycles. The summed E-state index contributed by atoms with van der Waals surface area (Å²) >= 11 is 0. The zero-order valence-electron chi connectivity index (χ0n) is 19.6. The fraction of sp³-hybridized carbons (Fsp3) is 0.222. The third-order valence-electron chi connectivity index (χ3n) is 6.03. The summed E-state index contributed by atoms with van der Waals surface area (Å²) in [6.07, 6.45) is 1.86. The molecule has 0 spiro atoms. The monoisotopic (exact) mass is 542 g/mol. The lowest BCUT2D eigenvalue weighted by Crippen LogP contribution is -2.41. The van der Waals surface area contributed by atoms with Gasteiger partial charge in [-0.05, 0) is 60.7 Å². The normalized spacial score (nSPS) is 14.9. The third-order valence-corrected chi connectivity index (χ3v) is 6.03. The molecule has 3 aromatic carbocycles. The zero-order valence-corrected chi connectivity index (χ0v) is 19.6. The Morgan fingerprint density at radius 2 is 1.39 bits per heavy atom. The molecule has 1 aliphatic carbocycles. The quantitative estimate of drug-likeness (QED) is 0.132. The molecule has 0 fully saturated rings. The fourth-order valence-corrected chi connectivity index (χ4v) is 4.19. The molecule has 4 rings (SSSR count). The summed E-state index contributed by atoms with van der Waals surface area (Å²) in [6.45, 7) is 4.74. The number of hydrogen-bond acceptors (Lipinski definition) is 3. The number of fused-ring (bicyclic) bond motifs is 3. The molecule has 0 amide bonds. The van der Waals surface area contributed by atoms with Gasteiger partial charge in [0.1, 0.15) is 5.82 Å². The largest absolute Gasteiger partial charge is 0.491 e. The molecule has 3 aromatic rings. The number of halogens is 8. The molecule has 0 unspecified atom stereocenters. The Labute approximate surface area is 211 Å². The average Bonchev–Trinajstić information content (AvgIpc) is 2.86. The van der Waals surface area contributed by atoms with Crippen molar-refractivity contribution >= 4 is 5.97 Å². The topological polar surface area (TPSA) is 35.5 Å². The Bertz CT molecular complexity index is 1450. The van der Waals surface area contributed by atoms with Crippen molar-refractivity contribution in [1.29, 1.82) is 0 Å². The van der Waals surface area contributed by atoms with E-state index in [0.717, 1.165) is 24.3 Å². The molecule has 1 aliphatic rings. The van der Waals surface area contributed by atoms with Crippen LogP contribution in [0.3, 0.4) is 0 Å². The highest BCUT2D eigenvalue weighted by atomic mass is 19.3. The molecule has 0 saturated heterocycles. The van der Waals surface area contributed by atoms with Gasteiger partial charge in [0.2, 0.25) is 5.82 Å². The number of carbonyl (C=O) groups is 1. The van der Waals surface area contributed by atoms with Gasteiger partial charge in [0.15, 0.2) is 23.1 Å². The van der Waals surface area contributed by atoms with Crippen molar-refractivity contribution in [2.24, 2.45) is 0 Å². The first kappa shape index (κ1) is 27.2. The van der Waals surface area contributed by atoms with Crippen LogP contribution in [0.15, 0.2) is 49.1 Å². The second-order valence-corrected chi connectivity index (χ2v) is 8.30. The second-order valence-electron chi connectivity index (χ2n) is 8.30. The van der Waals surface area contributed by atoms with Crippen LogP contribution < -0.4 is 9.47 Å². The SMILES string of the molecule is C=CCCc1ccc(OC(=O)c2ccc3c(c2F)C(F)(F)C(F)(F)c2c-3ccc(OCC)c2F)c(F)c1F. The number of ether oxygens (including phenoxy) is 2. The van der Waals surface area contributed by atoms with Crippen molar-refractivity contribution in [1.82, 2.24) is 0 Å². The first-order valence-electron chi connectivity index (χ1n) is 11.2. The maximum atomic E-state index is 15.3.